The van der Waals surface area contributed by atoms with Crippen molar-refractivity contribution in [3.8, 4) is 21.1 Å². The van der Waals surface area contributed by atoms with Gasteiger partial charge >= 0.3 is 0 Å². The number of thiophene rings is 2. The Bertz CT molecular complexity index is 2680. The summed E-state index contributed by atoms with van der Waals surface area (Å²) in [7, 11) is 0. The lowest BCUT2D eigenvalue weighted by atomic mass is 9.93. The standard InChI is InChI=1S/C35H50N2O8S2.C25H32N2OS2/c1-27(38)11-14-41-16-18-43-20-22-45-24-23-44-21-19-42-17-15-40-13-6-2-3-7-28(39)25-32-34(29-10-12-36-26-33(29)46-32)35-37-30-8-4-5-9-31(30)47-35;1-5-15(2)9-8-10-18(28)14-22-23(19-13-16(3)26-17(4)24(19)29-22)25-27-20-11-6-7-12-21(20)30-25/h4-5,8-9,36H,2-3,6-7,10-26H2,1H3;6-7,11-12,15-17,26H,5,8-10,13-14H2,1-4H3/t;15-,16-,17+/m.0/s1. The number of para-hydroxylation sites is 2. The number of nitrogens with one attached hydrogen (secondary N) is 2. The van der Waals surface area contributed by atoms with E-state index < -0.39 is 0 Å². The van der Waals surface area contributed by atoms with E-state index in [0.29, 0.717) is 141 Å². The Kier molecular flexibility index (Phi) is 26.2. The van der Waals surface area contributed by atoms with Crippen molar-refractivity contribution in [1.82, 2.24) is 20.6 Å². The number of fused-ring (bicyclic) bond motifs is 4. The van der Waals surface area contributed by atoms with Gasteiger partial charge in [-0.15, -0.1) is 45.3 Å². The summed E-state index contributed by atoms with van der Waals surface area (Å²) in [5, 5.41) is 9.27. The average Bonchev–Trinajstić information content (AvgIpc) is 4.31. The van der Waals surface area contributed by atoms with Gasteiger partial charge in [0.05, 0.1) is 93.1 Å². The van der Waals surface area contributed by atoms with Gasteiger partial charge in [-0.2, -0.15) is 0 Å². The van der Waals surface area contributed by atoms with Crippen LogP contribution >= 0.6 is 45.3 Å². The molecule has 2 N–H and O–H groups in total. The van der Waals surface area contributed by atoms with Crippen LogP contribution in [0.3, 0.4) is 0 Å². The van der Waals surface area contributed by atoms with Crippen LogP contribution in [0.1, 0.15) is 129 Å². The molecule has 17 heteroatoms. The maximum absolute atomic E-state index is 13.0. The van der Waals surface area contributed by atoms with Crippen LogP contribution in [0.4, 0.5) is 0 Å². The molecule has 3 atom stereocenters. The molecular weight excluding hydrogens is 1050 g/mol. The fourth-order valence-corrected chi connectivity index (χ4v) is 14.5. The summed E-state index contributed by atoms with van der Waals surface area (Å²) in [6, 6.07) is 17.4. The number of ether oxygens (including phenoxy) is 6. The Balaban J connectivity index is 0.000000246. The van der Waals surface area contributed by atoms with Gasteiger partial charge in [-0.05, 0) is 101 Å². The summed E-state index contributed by atoms with van der Waals surface area (Å²) in [5.41, 5.74) is 7.36. The number of unbranched alkanes of at least 4 members (excludes halogenated alkanes) is 2. The molecule has 0 unspecified atom stereocenters. The number of hydrogen-bond donors (Lipinski definition) is 2. The number of carbonyl (C=O) groups is 3. The molecule has 0 spiro atoms. The van der Waals surface area contributed by atoms with E-state index in [-0.39, 0.29) is 5.78 Å². The highest BCUT2D eigenvalue weighted by molar-refractivity contribution is 7.22. The van der Waals surface area contributed by atoms with Gasteiger partial charge in [-0.1, -0.05) is 57.4 Å². The van der Waals surface area contributed by atoms with Crippen molar-refractivity contribution in [3.05, 3.63) is 79.2 Å². The van der Waals surface area contributed by atoms with Gasteiger partial charge in [0.25, 0.3) is 0 Å². The van der Waals surface area contributed by atoms with E-state index in [9.17, 15) is 14.4 Å². The molecule has 0 saturated carbocycles. The predicted molar refractivity (Wildman–Crippen MR) is 315 cm³/mol. The SMILES string of the molecule is CC(=O)CCOCCOCCOCCOCCOCCOCCCCCC(=O)Cc1sc2c(c1-c1nc3ccccc3s1)CCNC2.CC[C@H](C)CCCC(=O)Cc1sc2c(c1-c1nc3ccccc3s1)C[C@H](C)N[C@@H]2C. The first-order valence-corrected chi connectivity index (χ1v) is 31.3. The number of hydrogen-bond acceptors (Lipinski definition) is 17. The van der Waals surface area contributed by atoms with Gasteiger partial charge in [-0.25, -0.2) is 9.97 Å². The Hall–Kier alpha value is -3.69. The second-order valence-corrected chi connectivity index (χ2v) is 24.6. The van der Waals surface area contributed by atoms with Crippen molar-refractivity contribution in [3.63, 3.8) is 0 Å². The minimum Gasteiger partial charge on any atom is -0.379 e. The first-order chi connectivity index (χ1) is 37.6. The smallest absolute Gasteiger partial charge is 0.138 e. The molecule has 2 aromatic carbocycles. The molecule has 8 rings (SSSR count). The molecule has 0 aliphatic carbocycles. The van der Waals surface area contributed by atoms with E-state index in [1.807, 2.05) is 23.5 Å². The number of rotatable bonds is 35. The third-order valence-corrected chi connectivity index (χ3v) is 18.6. The lowest BCUT2D eigenvalue weighted by Crippen LogP contribution is -2.35. The van der Waals surface area contributed by atoms with Crippen LogP contribution in [0.2, 0.25) is 0 Å². The van der Waals surface area contributed by atoms with Gasteiger partial charge in [-0.3, -0.25) is 14.4 Å². The lowest BCUT2D eigenvalue weighted by Gasteiger charge is -2.26. The number of benzene rings is 2. The van der Waals surface area contributed by atoms with Crippen molar-refractivity contribution in [2.45, 2.75) is 137 Å². The molecule has 13 nitrogen and oxygen atoms in total. The zero-order chi connectivity index (χ0) is 54.2. The van der Waals surface area contributed by atoms with E-state index in [1.165, 1.54) is 57.6 Å². The number of nitrogens with zero attached hydrogens (tertiary/aromatic N) is 2. The molecule has 6 aromatic rings. The lowest BCUT2D eigenvalue weighted by molar-refractivity contribution is -0.119. The number of thiazole rings is 2. The second-order valence-electron chi connectivity index (χ2n) is 20.2. The number of aromatic nitrogens is 2. The molecule has 6 heterocycles. The maximum Gasteiger partial charge on any atom is 0.138 e. The molecule has 2 aliphatic rings. The van der Waals surface area contributed by atoms with Gasteiger partial charge in [0.1, 0.15) is 27.4 Å². The topological polar surface area (TPSA) is 156 Å². The largest absolute Gasteiger partial charge is 0.379 e. The van der Waals surface area contributed by atoms with Crippen LogP contribution in [0.5, 0.6) is 0 Å². The van der Waals surface area contributed by atoms with Crippen molar-refractivity contribution >= 4 is 83.1 Å². The molecule has 0 saturated heterocycles. The maximum atomic E-state index is 13.0. The average molecular weight is 1130 g/mol. The van der Waals surface area contributed by atoms with Gasteiger partial charge < -0.3 is 39.1 Å². The van der Waals surface area contributed by atoms with E-state index in [4.69, 9.17) is 38.4 Å². The van der Waals surface area contributed by atoms with Crippen molar-refractivity contribution in [2.24, 2.45) is 5.92 Å². The van der Waals surface area contributed by atoms with Gasteiger partial charge in [0.15, 0.2) is 0 Å². The number of carbonyl (C=O) groups excluding carboxylic acids is 3. The summed E-state index contributed by atoms with van der Waals surface area (Å²) >= 11 is 7.11. The quantitative estimate of drug-likeness (QED) is 0.0363. The van der Waals surface area contributed by atoms with Crippen LogP contribution < -0.4 is 10.6 Å². The molecule has 420 valence electrons. The highest BCUT2D eigenvalue weighted by Crippen LogP contribution is 2.46. The van der Waals surface area contributed by atoms with E-state index in [2.05, 4.69) is 74.7 Å². The van der Waals surface area contributed by atoms with E-state index in [0.717, 1.165) is 79.1 Å². The second kappa shape index (κ2) is 33.2. The molecule has 0 bridgehead atoms. The Labute approximate surface area is 472 Å². The summed E-state index contributed by atoms with van der Waals surface area (Å²) in [6.45, 7) is 18.6. The van der Waals surface area contributed by atoms with E-state index >= 15 is 0 Å². The summed E-state index contributed by atoms with van der Waals surface area (Å²) in [5.74, 6) is 1.51. The minimum atomic E-state index is 0.129. The first-order valence-electron chi connectivity index (χ1n) is 28.0. The Morgan fingerprint density at radius 1 is 0.623 bits per heavy atom. The van der Waals surface area contributed by atoms with Gasteiger partial charge in [0, 0.05) is 88.0 Å². The summed E-state index contributed by atoms with van der Waals surface area (Å²) in [6.07, 6.45) is 10.9. The molecule has 77 heavy (non-hydrogen) atoms. The van der Waals surface area contributed by atoms with Crippen LogP contribution in [0.15, 0.2) is 48.5 Å². The van der Waals surface area contributed by atoms with E-state index in [1.54, 1.807) is 40.9 Å². The highest BCUT2D eigenvalue weighted by atomic mass is 32.1. The van der Waals surface area contributed by atoms with Crippen LogP contribution in [-0.2, 0) is 75.0 Å². The fourth-order valence-electron chi connectivity index (χ4n) is 9.56. The third-order valence-electron chi connectivity index (χ3n) is 13.8. The molecular formula is C60H82N4O9S4. The molecule has 0 radical (unpaired) electrons. The number of ketones is 3. The van der Waals surface area contributed by atoms with Crippen LogP contribution in [0, 0.1) is 5.92 Å². The van der Waals surface area contributed by atoms with Crippen molar-refractivity contribution in [1.29, 1.82) is 0 Å². The van der Waals surface area contributed by atoms with Crippen LogP contribution in [-0.4, -0.2) is 119 Å². The molecule has 2 aliphatic heterocycles. The van der Waals surface area contributed by atoms with Crippen molar-refractivity contribution in [2.75, 3.05) is 85.8 Å². The monoisotopic (exact) mass is 1130 g/mol. The summed E-state index contributed by atoms with van der Waals surface area (Å²) < 4.78 is 35.3. The molecule has 0 amide bonds. The molecule has 0 fully saturated rings. The summed E-state index contributed by atoms with van der Waals surface area (Å²) in [4.78, 5) is 51.7. The Morgan fingerprint density at radius 2 is 1.14 bits per heavy atom. The Morgan fingerprint density at radius 3 is 1.70 bits per heavy atom. The normalized spacial score (nSPS) is 15.6. The fraction of sp³-hybridized carbons (Fsp3) is 0.583. The predicted octanol–water partition coefficient (Wildman–Crippen LogP) is 12.4. The third kappa shape index (κ3) is 19.5. The van der Waals surface area contributed by atoms with Crippen molar-refractivity contribution < 1.29 is 42.8 Å². The highest BCUT2D eigenvalue weighted by Gasteiger charge is 2.31. The first kappa shape index (κ1) is 60.9. The van der Waals surface area contributed by atoms with Gasteiger partial charge in [0.2, 0.25) is 0 Å². The molecule has 4 aromatic heterocycles. The minimum absolute atomic E-state index is 0.129. The zero-order valence-corrected chi connectivity index (χ0v) is 49.4. The number of Topliss-reactive ketones (excluding diaryl/α,β-unsaturated/α-hetero) is 3. The zero-order valence-electron chi connectivity index (χ0n) is 46.1. The van der Waals surface area contributed by atoms with Crippen LogP contribution in [0.25, 0.3) is 41.6 Å².